The molecule has 1 heterocycles. The summed E-state index contributed by atoms with van der Waals surface area (Å²) in [5.41, 5.74) is 9.91. The smallest absolute Gasteiger partial charge is 0.125 e. The molecule has 1 aliphatic heterocycles. The maximum absolute atomic E-state index is 13.4. The van der Waals surface area contributed by atoms with Gasteiger partial charge in [-0.1, -0.05) is 42.5 Å². The van der Waals surface area contributed by atoms with Crippen LogP contribution in [-0.4, -0.2) is 11.5 Å². The number of fused-ring (bicyclic) bond motifs is 1. The molecule has 102 valence electrons. The summed E-state index contributed by atoms with van der Waals surface area (Å²) in [6, 6.07) is 12.8. The summed E-state index contributed by atoms with van der Waals surface area (Å²) in [5, 5.41) is 0. The molecule has 0 atom stereocenters. The normalized spacial score (nSPS) is 13.3. The molecule has 0 radical (unpaired) electrons. The van der Waals surface area contributed by atoms with E-state index in [1.165, 1.54) is 11.6 Å². The first-order valence-corrected chi connectivity index (χ1v) is 6.97. The molecule has 20 heavy (non-hydrogen) atoms. The van der Waals surface area contributed by atoms with Gasteiger partial charge in [0.2, 0.25) is 0 Å². The van der Waals surface area contributed by atoms with Crippen LogP contribution >= 0.6 is 12.2 Å². The number of nitrogens with zero attached hydrogens (tertiary/aromatic N) is 1. The van der Waals surface area contributed by atoms with Gasteiger partial charge in [0.05, 0.1) is 0 Å². The molecular formula is C16H15FN2S. The molecule has 2 N–H and O–H groups in total. The maximum atomic E-state index is 13.4. The Morgan fingerprint density at radius 2 is 2.05 bits per heavy atom. The summed E-state index contributed by atoms with van der Waals surface area (Å²) in [4.78, 5) is 2.58. The predicted octanol–water partition coefficient (Wildman–Crippen LogP) is 3.02. The highest BCUT2D eigenvalue weighted by Crippen LogP contribution is 2.30. The first-order chi connectivity index (χ1) is 9.65. The Morgan fingerprint density at radius 1 is 1.25 bits per heavy atom. The quantitative estimate of drug-likeness (QED) is 0.879. The van der Waals surface area contributed by atoms with E-state index in [0.29, 0.717) is 11.5 Å². The molecule has 0 saturated carbocycles. The Bertz CT molecular complexity index is 669. The largest absolute Gasteiger partial charge is 0.389 e. The summed E-state index contributed by atoms with van der Waals surface area (Å²) in [6.45, 7) is 1.59. The van der Waals surface area contributed by atoms with Gasteiger partial charge in [-0.15, -0.1) is 0 Å². The molecule has 0 spiro atoms. The van der Waals surface area contributed by atoms with Crippen molar-refractivity contribution in [1.82, 2.24) is 0 Å². The van der Waals surface area contributed by atoms with Gasteiger partial charge < -0.3 is 10.6 Å². The average molecular weight is 286 g/mol. The van der Waals surface area contributed by atoms with Gasteiger partial charge in [0.15, 0.2) is 0 Å². The van der Waals surface area contributed by atoms with Crippen LogP contribution in [0.25, 0.3) is 0 Å². The summed E-state index contributed by atoms with van der Waals surface area (Å²) >= 11 is 5.09. The fraction of sp³-hybridized carbons (Fsp3) is 0.188. The van der Waals surface area contributed by atoms with Crippen molar-refractivity contribution in [3.05, 3.63) is 65.0 Å². The zero-order valence-electron chi connectivity index (χ0n) is 11.0. The second-order valence-corrected chi connectivity index (χ2v) is 5.41. The molecule has 2 aromatic carbocycles. The van der Waals surface area contributed by atoms with Crippen LogP contribution in [0.4, 0.5) is 10.1 Å². The van der Waals surface area contributed by atoms with Crippen molar-refractivity contribution < 1.29 is 4.39 Å². The molecule has 1 aliphatic rings. The van der Waals surface area contributed by atoms with Gasteiger partial charge in [-0.3, -0.25) is 0 Å². The van der Waals surface area contributed by atoms with Crippen molar-refractivity contribution in [2.45, 2.75) is 13.0 Å². The first kappa shape index (κ1) is 13.1. The average Bonchev–Trinajstić information content (AvgIpc) is 2.82. The third kappa shape index (κ3) is 2.39. The van der Waals surface area contributed by atoms with E-state index in [1.807, 2.05) is 30.3 Å². The molecule has 0 amide bonds. The molecular weight excluding hydrogens is 271 g/mol. The fourth-order valence-electron chi connectivity index (χ4n) is 2.69. The van der Waals surface area contributed by atoms with Gasteiger partial charge in [-0.25, -0.2) is 4.39 Å². The van der Waals surface area contributed by atoms with E-state index in [-0.39, 0.29) is 5.82 Å². The second kappa shape index (κ2) is 5.21. The third-order valence-electron chi connectivity index (χ3n) is 3.68. The molecule has 3 rings (SSSR count). The Balaban J connectivity index is 1.91. The molecule has 0 unspecified atom stereocenters. The van der Waals surface area contributed by atoms with Gasteiger partial charge in [-0.2, -0.15) is 0 Å². The van der Waals surface area contributed by atoms with Gasteiger partial charge in [0, 0.05) is 24.3 Å². The Hall–Kier alpha value is -1.94. The Labute approximate surface area is 123 Å². The van der Waals surface area contributed by atoms with E-state index < -0.39 is 0 Å². The zero-order valence-corrected chi connectivity index (χ0v) is 11.8. The molecule has 0 saturated heterocycles. The van der Waals surface area contributed by atoms with Crippen LogP contribution in [0.5, 0.6) is 0 Å². The molecule has 4 heteroatoms. The van der Waals surface area contributed by atoms with E-state index in [4.69, 9.17) is 18.0 Å². The van der Waals surface area contributed by atoms with Crippen molar-refractivity contribution in [1.29, 1.82) is 0 Å². The minimum Gasteiger partial charge on any atom is -0.389 e. The molecule has 0 aliphatic carbocycles. The highest BCUT2D eigenvalue weighted by atomic mass is 32.1. The number of anilines is 1. The zero-order chi connectivity index (χ0) is 14.1. The summed E-state index contributed by atoms with van der Waals surface area (Å²) in [7, 11) is 0. The third-order valence-corrected chi connectivity index (χ3v) is 3.90. The van der Waals surface area contributed by atoms with Crippen LogP contribution in [-0.2, 0) is 13.0 Å². The molecule has 2 nitrogen and oxygen atoms in total. The lowest BCUT2D eigenvalue weighted by Gasteiger charge is -2.21. The Kier molecular flexibility index (Phi) is 3.40. The Morgan fingerprint density at radius 3 is 2.85 bits per heavy atom. The van der Waals surface area contributed by atoms with E-state index in [9.17, 15) is 4.39 Å². The van der Waals surface area contributed by atoms with E-state index >= 15 is 0 Å². The van der Waals surface area contributed by atoms with Gasteiger partial charge in [0.1, 0.15) is 10.8 Å². The van der Waals surface area contributed by atoms with Crippen LogP contribution < -0.4 is 10.6 Å². The second-order valence-electron chi connectivity index (χ2n) is 4.97. The van der Waals surface area contributed by atoms with Crippen LogP contribution in [0.1, 0.15) is 16.7 Å². The van der Waals surface area contributed by atoms with E-state index in [1.54, 1.807) is 6.07 Å². The van der Waals surface area contributed by atoms with E-state index in [0.717, 1.165) is 29.8 Å². The number of hydrogen-bond donors (Lipinski definition) is 1. The van der Waals surface area contributed by atoms with Crippen LogP contribution in [0, 0.1) is 5.82 Å². The fourth-order valence-corrected chi connectivity index (χ4v) is 2.89. The number of rotatable bonds is 3. The van der Waals surface area contributed by atoms with Gasteiger partial charge in [0.25, 0.3) is 0 Å². The minimum absolute atomic E-state index is 0.196. The predicted molar refractivity (Wildman–Crippen MR) is 83.5 cm³/mol. The monoisotopic (exact) mass is 286 g/mol. The number of nitrogens with two attached hydrogens (primary N) is 1. The minimum atomic E-state index is -0.196. The highest BCUT2D eigenvalue weighted by Gasteiger charge is 2.20. The summed E-state index contributed by atoms with van der Waals surface area (Å²) in [6.07, 6.45) is 0.949. The lowest BCUT2D eigenvalue weighted by atomic mass is 10.1. The standard InChI is InChI=1S/C16H15FN2S/c17-13-6-5-11-7-8-19(15(11)9-13)10-12-3-1-2-4-14(12)16(18)20/h1-6,9H,7-8,10H2,(H2,18,20). The summed E-state index contributed by atoms with van der Waals surface area (Å²) in [5.74, 6) is -0.196. The highest BCUT2D eigenvalue weighted by molar-refractivity contribution is 7.80. The number of benzene rings is 2. The van der Waals surface area contributed by atoms with E-state index in [2.05, 4.69) is 4.90 Å². The summed E-state index contributed by atoms with van der Waals surface area (Å²) < 4.78 is 13.4. The maximum Gasteiger partial charge on any atom is 0.125 e. The number of thiocarbonyl (C=S) groups is 1. The van der Waals surface area contributed by atoms with Gasteiger partial charge in [-0.05, 0) is 29.7 Å². The molecule has 2 aromatic rings. The van der Waals surface area contributed by atoms with Crippen LogP contribution in [0.3, 0.4) is 0 Å². The van der Waals surface area contributed by atoms with Gasteiger partial charge >= 0.3 is 0 Å². The van der Waals surface area contributed by atoms with Crippen LogP contribution in [0.15, 0.2) is 42.5 Å². The number of hydrogen-bond acceptors (Lipinski definition) is 2. The number of halogens is 1. The molecule has 0 fully saturated rings. The lowest BCUT2D eigenvalue weighted by molar-refractivity contribution is 0.627. The first-order valence-electron chi connectivity index (χ1n) is 6.56. The van der Waals surface area contributed by atoms with Crippen molar-refractivity contribution in [3.63, 3.8) is 0 Å². The SMILES string of the molecule is NC(=S)c1ccccc1CN1CCc2ccc(F)cc21. The lowest BCUT2D eigenvalue weighted by Crippen LogP contribution is -2.22. The molecule has 0 aromatic heterocycles. The van der Waals surface area contributed by atoms with Crippen molar-refractivity contribution >= 4 is 22.9 Å². The van der Waals surface area contributed by atoms with Crippen molar-refractivity contribution in [2.75, 3.05) is 11.4 Å². The van der Waals surface area contributed by atoms with Crippen molar-refractivity contribution in [3.8, 4) is 0 Å². The van der Waals surface area contributed by atoms with Crippen molar-refractivity contribution in [2.24, 2.45) is 5.73 Å². The molecule has 0 bridgehead atoms. The topological polar surface area (TPSA) is 29.3 Å². The van der Waals surface area contributed by atoms with Crippen LogP contribution in [0.2, 0.25) is 0 Å².